The van der Waals surface area contributed by atoms with Gasteiger partial charge < -0.3 is 14.2 Å². The number of hydrogen-bond acceptors (Lipinski definition) is 6. The molecule has 0 aromatic heterocycles. The third kappa shape index (κ3) is 5.62. The van der Waals surface area contributed by atoms with Crippen molar-refractivity contribution in [2.24, 2.45) is 5.11 Å². The quantitative estimate of drug-likeness (QED) is 0.280. The van der Waals surface area contributed by atoms with Gasteiger partial charge in [0.15, 0.2) is 0 Å². The van der Waals surface area contributed by atoms with Crippen LogP contribution in [-0.4, -0.2) is 37.0 Å². The van der Waals surface area contributed by atoms with E-state index in [1.807, 2.05) is 0 Å². The van der Waals surface area contributed by atoms with Gasteiger partial charge in [0, 0.05) is 21.4 Å². The highest BCUT2D eigenvalue weighted by atomic mass is 35.5. The SMILES string of the molecule is [N-]=[N+]=N[C@@H]1C[C@@H](OC(=O)c2ccc(Cl)cc2)[C@H](COC(=O)c2ccc(Cl)cc2)O1. The Morgan fingerprint density at radius 2 is 1.59 bits per heavy atom. The molecule has 1 fully saturated rings. The smallest absolute Gasteiger partial charge is 0.338 e. The molecule has 1 aliphatic heterocycles. The molecular formula is C19H15Cl2N3O5. The molecule has 1 aliphatic rings. The van der Waals surface area contributed by atoms with E-state index in [-0.39, 0.29) is 13.0 Å². The maximum atomic E-state index is 12.4. The first-order valence-electron chi connectivity index (χ1n) is 8.55. The first-order valence-corrected chi connectivity index (χ1v) is 9.31. The first-order chi connectivity index (χ1) is 14.0. The number of azide groups is 1. The normalized spacial score (nSPS) is 20.6. The van der Waals surface area contributed by atoms with E-state index in [2.05, 4.69) is 10.0 Å². The van der Waals surface area contributed by atoms with Gasteiger partial charge in [-0.2, -0.15) is 0 Å². The monoisotopic (exact) mass is 435 g/mol. The van der Waals surface area contributed by atoms with Crippen LogP contribution in [0, 0.1) is 0 Å². The van der Waals surface area contributed by atoms with Crippen LogP contribution in [0.1, 0.15) is 27.1 Å². The molecule has 0 bridgehead atoms. The molecule has 0 spiro atoms. The molecule has 3 rings (SSSR count). The van der Waals surface area contributed by atoms with E-state index in [0.29, 0.717) is 21.2 Å². The predicted molar refractivity (Wildman–Crippen MR) is 105 cm³/mol. The molecule has 29 heavy (non-hydrogen) atoms. The second-order valence-corrected chi connectivity index (χ2v) is 7.00. The minimum Gasteiger partial charge on any atom is -0.459 e. The molecule has 2 aromatic carbocycles. The molecule has 0 amide bonds. The molecule has 8 nitrogen and oxygen atoms in total. The second-order valence-electron chi connectivity index (χ2n) is 6.13. The summed E-state index contributed by atoms with van der Waals surface area (Å²) in [5.74, 6) is -1.17. The molecule has 1 heterocycles. The summed E-state index contributed by atoms with van der Waals surface area (Å²) in [6.07, 6.45) is -2.22. The van der Waals surface area contributed by atoms with Gasteiger partial charge in [-0.25, -0.2) is 9.59 Å². The van der Waals surface area contributed by atoms with Crippen molar-refractivity contribution in [1.29, 1.82) is 0 Å². The van der Waals surface area contributed by atoms with Gasteiger partial charge in [-0.3, -0.25) is 0 Å². The number of ether oxygens (including phenoxy) is 3. The second kappa shape index (κ2) is 9.62. The van der Waals surface area contributed by atoms with E-state index in [1.165, 1.54) is 24.3 Å². The Balaban J connectivity index is 1.64. The Labute approximate surface area is 175 Å². The highest BCUT2D eigenvalue weighted by molar-refractivity contribution is 6.30. The Morgan fingerprint density at radius 1 is 1.03 bits per heavy atom. The van der Waals surface area contributed by atoms with Gasteiger partial charge in [0.25, 0.3) is 0 Å². The van der Waals surface area contributed by atoms with E-state index in [0.717, 1.165) is 0 Å². The molecule has 1 saturated heterocycles. The fourth-order valence-corrected chi connectivity index (χ4v) is 2.97. The van der Waals surface area contributed by atoms with Crippen LogP contribution in [0.25, 0.3) is 10.4 Å². The molecule has 0 unspecified atom stereocenters. The standard InChI is InChI=1S/C19H15Cl2N3O5/c20-13-5-1-11(2-6-13)18(25)27-10-16-15(9-17(28-16)23-24-22)29-19(26)12-3-7-14(21)8-4-12/h1-8,15-17H,9-10H2/t15-,16+,17+/m1/s1. The zero-order valence-corrected chi connectivity index (χ0v) is 16.4. The van der Waals surface area contributed by atoms with Crippen molar-refractivity contribution in [3.05, 3.63) is 80.1 Å². The van der Waals surface area contributed by atoms with Crippen LogP contribution in [0.3, 0.4) is 0 Å². The summed E-state index contributed by atoms with van der Waals surface area (Å²) in [6, 6.07) is 12.4. The maximum absolute atomic E-state index is 12.4. The summed E-state index contributed by atoms with van der Waals surface area (Å²) in [7, 11) is 0. The van der Waals surface area contributed by atoms with Crippen LogP contribution in [0.15, 0.2) is 53.6 Å². The van der Waals surface area contributed by atoms with Gasteiger partial charge in [-0.05, 0) is 54.1 Å². The fourth-order valence-electron chi connectivity index (χ4n) is 2.72. The number of carbonyl (C=O) groups excluding carboxylic acids is 2. The number of hydrogen-bond donors (Lipinski definition) is 0. The first kappa shape index (κ1) is 21.0. The predicted octanol–water partition coefficient (Wildman–Crippen LogP) is 4.80. The molecule has 150 valence electrons. The van der Waals surface area contributed by atoms with Crippen LogP contribution >= 0.6 is 23.2 Å². The number of carbonyl (C=O) groups is 2. The average molecular weight is 436 g/mol. The Morgan fingerprint density at radius 3 is 2.14 bits per heavy atom. The van der Waals surface area contributed by atoms with Crippen molar-refractivity contribution in [3.63, 3.8) is 0 Å². The molecule has 0 N–H and O–H groups in total. The van der Waals surface area contributed by atoms with Crippen molar-refractivity contribution < 1.29 is 23.8 Å². The van der Waals surface area contributed by atoms with Crippen molar-refractivity contribution in [2.75, 3.05) is 6.61 Å². The zero-order chi connectivity index (χ0) is 20.8. The van der Waals surface area contributed by atoms with Crippen LogP contribution < -0.4 is 0 Å². The maximum Gasteiger partial charge on any atom is 0.338 e. The Kier molecular flexibility index (Phi) is 6.95. The lowest BCUT2D eigenvalue weighted by molar-refractivity contribution is -0.0410. The Hall–Kier alpha value is -2.77. The van der Waals surface area contributed by atoms with Gasteiger partial charge in [0.1, 0.15) is 25.0 Å². The lowest BCUT2D eigenvalue weighted by Crippen LogP contribution is -2.32. The molecule has 0 radical (unpaired) electrons. The molecule has 2 aromatic rings. The van der Waals surface area contributed by atoms with Crippen molar-refractivity contribution in [1.82, 2.24) is 0 Å². The third-order valence-electron chi connectivity index (χ3n) is 4.16. The summed E-state index contributed by atoms with van der Waals surface area (Å²) >= 11 is 11.6. The minimum absolute atomic E-state index is 0.145. The molecule has 10 heteroatoms. The van der Waals surface area contributed by atoms with Crippen LogP contribution in [-0.2, 0) is 14.2 Å². The summed E-state index contributed by atoms with van der Waals surface area (Å²) in [4.78, 5) is 27.3. The van der Waals surface area contributed by atoms with Gasteiger partial charge >= 0.3 is 11.9 Å². The van der Waals surface area contributed by atoms with Gasteiger partial charge in [-0.1, -0.05) is 28.3 Å². The van der Waals surface area contributed by atoms with Gasteiger partial charge in [-0.15, -0.1) is 0 Å². The van der Waals surface area contributed by atoms with E-state index in [4.69, 9.17) is 42.9 Å². The van der Waals surface area contributed by atoms with Gasteiger partial charge in [0.05, 0.1) is 11.1 Å². The zero-order valence-electron chi connectivity index (χ0n) is 14.9. The average Bonchev–Trinajstić information content (AvgIpc) is 3.08. The van der Waals surface area contributed by atoms with Crippen LogP contribution in [0.5, 0.6) is 0 Å². The van der Waals surface area contributed by atoms with E-state index in [9.17, 15) is 9.59 Å². The summed E-state index contributed by atoms with van der Waals surface area (Å²) in [5, 5.41) is 4.48. The number of esters is 2. The van der Waals surface area contributed by atoms with Crippen molar-refractivity contribution >= 4 is 35.1 Å². The molecular weight excluding hydrogens is 421 g/mol. The lowest BCUT2D eigenvalue weighted by Gasteiger charge is -2.19. The van der Waals surface area contributed by atoms with Crippen molar-refractivity contribution in [2.45, 2.75) is 24.9 Å². The fraction of sp³-hybridized carbons (Fsp3) is 0.263. The van der Waals surface area contributed by atoms with Crippen LogP contribution in [0.2, 0.25) is 10.0 Å². The number of rotatable bonds is 6. The topological polar surface area (TPSA) is 111 Å². The third-order valence-corrected chi connectivity index (χ3v) is 4.66. The van der Waals surface area contributed by atoms with E-state index < -0.39 is 30.4 Å². The Bertz CT molecular complexity index is 930. The van der Waals surface area contributed by atoms with Crippen molar-refractivity contribution in [3.8, 4) is 0 Å². The number of nitrogens with zero attached hydrogens (tertiary/aromatic N) is 3. The van der Waals surface area contributed by atoms with Gasteiger partial charge in [0.2, 0.25) is 0 Å². The highest BCUT2D eigenvalue weighted by Gasteiger charge is 2.38. The molecule has 0 aliphatic carbocycles. The van der Waals surface area contributed by atoms with E-state index in [1.54, 1.807) is 24.3 Å². The van der Waals surface area contributed by atoms with Crippen LogP contribution in [0.4, 0.5) is 0 Å². The lowest BCUT2D eigenvalue weighted by atomic mass is 10.1. The number of halogens is 2. The summed E-state index contributed by atoms with van der Waals surface area (Å²) in [6.45, 7) is -0.183. The molecule has 0 saturated carbocycles. The molecule has 3 atom stereocenters. The highest BCUT2D eigenvalue weighted by Crippen LogP contribution is 2.26. The largest absolute Gasteiger partial charge is 0.459 e. The minimum atomic E-state index is -0.831. The summed E-state index contributed by atoms with van der Waals surface area (Å²) < 4.78 is 16.3. The number of benzene rings is 2. The summed E-state index contributed by atoms with van der Waals surface area (Å²) in [5.41, 5.74) is 9.25. The van der Waals surface area contributed by atoms with E-state index >= 15 is 0 Å².